The summed E-state index contributed by atoms with van der Waals surface area (Å²) in [5.74, 6) is -0.802. The molecule has 1 rings (SSSR count). The van der Waals surface area contributed by atoms with Crippen LogP contribution < -0.4 is 0 Å². The fraction of sp³-hybridized carbons (Fsp3) is 0.125. The molecule has 1 aromatic carbocycles. The SMILES string of the molecule is O=Cc1cc(CF)cc(Cl)c1F. The molecule has 0 aliphatic heterocycles. The Bertz CT molecular complexity index is 312. The Labute approximate surface area is 73.0 Å². The van der Waals surface area contributed by atoms with E-state index in [1.807, 2.05) is 0 Å². The van der Waals surface area contributed by atoms with Crippen molar-refractivity contribution in [1.29, 1.82) is 0 Å². The summed E-state index contributed by atoms with van der Waals surface area (Å²) in [6.07, 6.45) is 0.306. The van der Waals surface area contributed by atoms with Gasteiger partial charge in [-0.2, -0.15) is 0 Å². The molecule has 64 valence electrons. The lowest BCUT2D eigenvalue weighted by molar-refractivity contribution is 0.111. The fourth-order valence-corrected chi connectivity index (χ4v) is 1.08. The number of alkyl halides is 1. The highest BCUT2D eigenvalue weighted by molar-refractivity contribution is 6.31. The molecular weight excluding hydrogens is 186 g/mol. The molecule has 0 aliphatic carbocycles. The molecule has 0 aliphatic rings. The summed E-state index contributed by atoms with van der Waals surface area (Å²) in [5, 5.41) is -0.229. The first-order chi connectivity index (χ1) is 5.69. The molecule has 0 atom stereocenters. The molecule has 0 fully saturated rings. The number of hydrogen-bond acceptors (Lipinski definition) is 1. The summed E-state index contributed by atoms with van der Waals surface area (Å²) in [5.41, 5.74) is -0.0151. The summed E-state index contributed by atoms with van der Waals surface area (Å²) < 4.78 is 24.9. The first-order valence-corrected chi connectivity index (χ1v) is 3.56. The third-order valence-electron chi connectivity index (χ3n) is 1.40. The van der Waals surface area contributed by atoms with Crippen molar-refractivity contribution in [2.45, 2.75) is 6.67 Å². The molecule has 0 saturated heterocycles. The monoisotopic (exact) mass is 190 g/mol. The normalized spacial score (nSPS) is 9.92. The zero-order valence-electron chi connectivity index (χ0n) is 5.98. The molecule has 0 heterocycles. The van der Waals surface area contributed by atoms with Gasteiger partial charge in [0.15, 0.2) is 12.1 Å². The van der Waals surface area contributed by atoms with E-state index in [0.29, 0.717) is 6.29 Å². The molecule has 0 radical (unpaired) electrons. The zero-order valence-corrected chi connectivity index (χ0v) is 6.74. The minimum Gasteiger partial charge on any atom is -0.298 e. The summed E-state index contributed by atoms with van der Waals surface area (Å²) in [6.45, 7) is -0.763. The highest BCUT2D eigenvalue weighted by Crippen LogP contribution is 2.20. The maximum atomic E-state index is 12.8. The molecule has 0 spiro atoms. The standard InChI is InChI=1S/C8H5ClF2O/c9-7-2-5(3-10)1-6(4-12)8(7)11/h1-2,4H,3H2. The second-order valence-electron chi connectivity index (χ2n) is 2.23. The smallest absolute Gasteiger partial charge is 0.153 e. The molecule has 0 amide bonds. The van der Waals surface area contributed by atoms with Gasteiger partial charge in [0.25, 0.3) is 0 Å². The largest absolute Gasteiger partial charge is 0.298 e. The molecule has 0 aromatic heterocycles. The van der Waals surface area contributed by atoms with Crippen LogP contribution in [0.5, 0.6) is 0 Å². The van der Waals surface area contributed by atoms with Crippen LogP contribution in [0.2, 0.25) is 5.02 Å². The van der Waals surface area contributed by atoms with Crippen LogP contribution in [0.25, 0.3) is 0 Å². The first kappa shape index (κ1) is 9.13. The maximum absolute atomic E-state index is 12.8. The number of rotatable bonds is 2. The maximum Gasteiger partial charge on any atom is 0.153 e. The molecular formula is C8H5ClF2O. The Morgan fingerprint density at radius 3 is 2.67 bits per heavy atom. The Morgan fingerprint density at radius 1 is 1.50 bits per heavy atom. The van der Waals surface area contributed by atoms with Gasteiger partial charge < -0.3 is 0 Å². The van der Waals surface area contributed by atoms with E-state index in [1.165, 1.54) is 0 Å². The number of aldehydes is 1. The van der Waals surface area contributed by atoms with Crippen LogP contribution >= 0.6 is 11.6 Å². The van der Waals surface area contributed by atoms with Gasteiger partial charge in [-0.05, 0) is 17.7 Å². The van der Waals surface area contributed by atoms with E-state index in [0.717, 1.165) is 12.1 Å². The van der Waals surface area contributed by atoms with Gasteiger partial charge in [-0.15, -0.1) is 0 Å². The lowest BCUT2D eigenvalue weighted by Crippen LogP contribution is -1.91. The van der Waals surface area contributed by atoms with Gasteiger partial charge in [-0.1, -0.05) is 11.6 Å². The van der Waals surface area contributed by atoms with Crippen LogP contribution in [0.1, 0.15) is 15.9 Å². The van der Waals surface area contributed by atoms with Crippen molar-refractivity contribution in [2.24, 2.45) is 0 Å². The van der Waals surface area contributed by atoms with Crippen LogP contribution in [0.3, 0.4) is 0 Å². The van der Waals surface area contributed by atoms with Crippen molar-refractivity contribution in [1.82, 2.24) is 0 Å². The van der Waals surface area contributed by atoms with Gasteiger partial charge in [0.1, 0.15) is 6.67 Å². The number of benzene rings is 1. The number of hydrogen-bond donors (Lipinski definition) is 0. The molecule has 0 bridgehead atoms. The average Bonchev–Trinajstić information content (AvgIpc) is 2.09. The van der Waals surface area contributed by atoms with Crippen molar-refractivity contribution in [3.63, 3.8) is 0 Å². The summed E-state index contributed by atoms with van der Waals surface area (Å²) in [7, 11) is 0. The predicted octanol–water partition coefficient (Wildman–Crippen LogP) is 2.76. The quantitative estimate of drug-likeness (QED) is 0.656. The van der Waals surface area contributed by atoms with E-state index in [2.05, 4.69) is 0 Å². The van der Waals surface area contributed by atoms with Crippen LogP contribution in [0, 0.1) is 5.82 Å². The molecule has 12 heavy (non-hydrogen) atoms. The van der Waals surface area contributed by atoms with Crippen molar-refractivity contribution in [3.8, 4) is 0 Å². The minimum absolute atomic E-state index is 0.198. The summed E-state index contributed by atoms with van der Waals surface area (Å²) in [4.78, 5) is 10.2. The highest BCUT2D eigenvalue weighted by atomic mass is 35.5. The third-order valence-corrected chi connectivity index (χ3v) is 1.67. The first-order valence-electron chi connectivity index (χ1n) is 3.18. The van der Waals surface area contributed by atoms with Gasteiger partial charge in [0.2, 0.25) is 0 Å². The second-order valence-corrected chi connectivity index (χ2v) is 2.64. The van der Waals surface area contributed by atoms with E-state index in [1.54, 1.807) is 0 Å². The Kier molecular flexibility index (Phi) is 2.76. The lowest BCUT2D eigenvalue weighted by Gasteiger charge is -2.00. The topological polar surface area (TPSA) is 17.1 Å². The fourth-order valence-electron chi connectivity index (χ4n) is 0.832. The van der Waals surface area contributed by atoms with Gasteiger partial charge in [-0.25, -0.2) is 8.78 Å². The van der Waals surface area contributed by atoms with Crippen molar-refractivity contribution < 1.29 is 13.6 Å². The molecule has 0 saturated carbocycles. The molecule has 1 nitrogen and oxygen atoms in total. The van der Waals surface area contributed by atoms with Crippen molar-refractivity contribution >= 4 is 17.9 Å². The average molecular weight is 191 g/mol. The van der Waals surface area contributed by atoms with Crippen LogP contribution in [-0.4, -0.2) is 6.29 Å². The van der Waals surface area contributed by atoms with E-state index in [-0.39, 0.29) is 16.1 Å². The van der Waals surface area contributed by atoms with Gasteiger partial charge in [0, 0.05) is 0 Å². The number of carbonyl (C=O) groups excluding carboxylic acids is 1. The highest BCUT2D eigenvalue weighted by Gasteiger charge is 2.07. The van der Waals surface area contributed by atoms with Gasteiger partial charge in [0.05, 0.1) is 10.6 Å². The minimum atomic E-state index is -0.802. The Balaban J connectivity index is 3.28. The Hall–Kier alpha value is -0.960. The molecule has 0 N–H and O–H groups in total. The number of carbonyl (C=O) groups is 1. The van der Waals surface area contributed by atoms with Gasteiger partial charge >= 0.3 is 0 Å². The Morgan fingerprint density at radius 2 is 2.17 bits per heavy atom. The molecule has 0 unspecified atom stereocenters. The summed E-state index contributed by atoms with van der Waals surface area (Å²) >= 11 is 5.38. The van der Waals surface area contributed by atoms with Crippen LogP contribution in [0.15, 0.2) is 12.1 Å². The van der Waals surface area contributed by atoms with E-state index >= 15 is 0 Å². The number of halogens is 3. The predicted molar refractivity (Wildman–Crippen MR) is 41.6 cm³/mol. The van der Waals surface area contributed by atoms with Crippen LogP contribution in [0.4, 0.5) is 8.78 Å². The molecule has 4 heteroatoms. The third kappa shape index (κ3) is 1.61. The van der Waals surface area contributed by atoms with E-state index in [4.69, 9.17) is 11.6 Å². The second kappa shape index (κ2) is 3.63. The lowest BCUT2D eigenvalue weighted by atomic mass is 10.1. The van der Waals surface area contributed by atoms with Crippen LogP contribution in [-0.2, 0) is 6.67 Å². The van der Waals surface area contributed by atoms with Gasteiger partial charge in [-0.3, -0.25) is 4.79 Å². The van der Waals surface area contributed by atoms with Crippen molar-refractivity contribution in [2.75, 3.05) is 0 Å². The van der Waals surface area contributed by atoms with E-state index < -0.39 is 12.5 Å². The van der Waals surface area contributed by atoms with Crippen molar-refractivity contribution in [3.05, 3.63) is 34.1 Å². The zero-order chi connectivity index (χ0) is 9.14. The van der Waals surface area contributed by atoms with E-state index in [9.17, 15) is 13.6 Å². The molecule has 1 aromatic rings. The summed E-state index contributed by atoms with van der Waals surface area (Å²) in [6, 6.07) is 2.29.